The van der Waals surface area contributed by atoms with Crippen molar-refractivity contribution in [3.05, 3.63) is 71.8 Å². The maximum absolute atomic E-state index is 10.7. The summed E-state index contributed by atoms with van der Waals surface area (Å²) in [6.45, 7) is 0. The number of nitrogens with zero attached hydrogens (tertiary/aromatic N) is 4. The van der Waals surface area contributed by atoms with Crippen LogP contribution >= 0.6 is 0 Å². The first-order valence-corrected chi connectivity index (χ1v) is 7.72. The van der Waals surface area contributed by atoms with E-state index in [2.05, 4.69) is 15.1 Å². The van der Waals surface area contributed by atoms with Crippen molar-refractivity contribution in [3.8, 4) is 0 Å². The molecule has 128 valence electrons. The Morgan fingerprint density at radius 3 is 2.92 bits per heavy atom. The predicted octanol–water partition coefficient (Wildman–Crippen LogP) is 2.22. The summed E-state index contributed by atoms with van der Waals surface area (Å²) in [5.74, 6) is 6.74. The summed E-state index contributed by atoms with van der Waals surface area (Å²) in [4.78, 5) is 19.5. The fourth-order valence-electron chi connectivity index (χ4n) is 2.61. The molecular formula is C18H14N5O3+. The Morgan fingerprint density at radius 2 is 2.15 bits per heavy atom. The standard InChI is InChI=1S/C18H13N5O3/c19-23-11-14(13-4-1-3-12(9-13)6-7-17(24)25)20-10-16(23)21-18(22-23)15-5-2-8-26-15/h1-11H,19H2/p+1. The second kappa shape index (κ2) is 6.03. The zero-order valence-electron chi connectivity index (χ0n) is 13.5. The first-order chi connectivity index (χ1) is 12.5. The highest BCUT2D eigenvalue weighted by atomic mass is 16.4. The second-order valence-corrected chi connectivity index (χ2v) is 5.68. The maximum Gasteiger partial charge on any atom is 0.328 e. The lowest BCUT2D eigenvalue weighted by atomic mass is 10.1. The molecule has 0 radical (unpaired) electrons. The van der Waals surface area contributed by atoms with Crippen molar-refractivity contribution in [2.75, 3.05) is 0 Å². The minimum Gasteiger partial charge on any atom is -0.478 e. The number of carbonyl (C=O) groups is 1. The Morgan fingerprint density at radius 1 is 1.27 bits per heavy atom. The monoisotopic (exact) mass is 348 g/mol. The quantitative estimate of drug-likeness (QED) is 0.501. The van der Waals surface area contributed by atoms with Gasteiger partial charge in [-0.3, -0.25) is 0 Å². The molecule has 1 atom stereocenters. The number of benzene rings is 1. The first-order valence-electron chi connectivity index (χ1n) is 7.72. The van der Waals surface area contributed by atoms with Gasteiger partial charge in [0, 0.05) is 11.6 Å². The van der Waals surface area contributed by atoms with Crippen molar-refractivity contribution in [1.82, 2.24) is 0 Å². The molecule has 1 aromatic heterocycles. The molecule has 0 fully saturated rings. The van der Waals surface area contributed by atoms with E-state index in [-0.39, 0.29) is 4.70 Å². The number of hydrogen-bond donors (Lipinski definition) is 2. The smallest absolute Gasteiger partial charge is 0.328 e. The van der Waals surface area contributed by atoms with Crippen molar-refractivity contribution in [2.24, 2.45) is 20.9 Å². The van der Waals surface area contributed by atoms with Crippen LogP contribution in [0.5, 0.6) is 0 Å². The number of furan rings is 1. The van der Waals surface area contributed by atoms with Gasteiger partial charge in [0.2, 0.25) is 0 Å². The molecule has 2 aromatic rings. The van der Waals surface area contributed by atoms with E-state index < -0.39 is 5.97 Å². The Labute approximate surface area is 148 Å². The van der Waals surface area contributed by atoms with Crippen molar-refractivity contribution in [1.29, 1.82) is 0 Å². The van der Waals surface area contributed by atoms with Gasteiger partial charge >= 0.3 is 5.97 Å². The molecule has 1 unspecified atom stereocenters. The van der Waals surface area contributed by atoms with Crippen LogP contribution in [0.1, 0.15) is 16.9 Å². The molecule has 4 rings (SSSR count). The van der Waals surface area contributed by atoms with Gasteiger partial charge in [-0.15, -0.1) is 5.84 Å². The lowest BCUT2D eigenvalue weighted by Crippen LogP contribution is -2.50. The van der Waals surface area contributed by atoms with Crippen LogP contribution in [0.2, 0.25) is 0 Å². The molecule has 8 heteroatoms. The highest BCUT2D eigenvalue weighted by molar-refractivity contribution is 6.32. The molecule has 0 aliphatic carbocycles. The van der Waals surface area contributed by atoms with Gasteiger partial charge < -0.3 is 9.52 Å². The molecule has 0 saturated heterocycles. The number of rotatable bonds is 4. The predicted molar refractivity (Wildman–Crippen MR) is 96.7 cm³/mol. The summed E-state index contributed by atoms with van der Waals surface area (Å²) in [7, 11) is 0. The number of carboxylic acids is 1. The number of quaternary nitrogens is 1. The van der Waals surface area contributed by atoms with E-state index in [0.717, 1.165) is 17.2 Å². The van der Waals surface area contributed by atoms with Gasteiger partial charge in [-0.25, -0.2) is 9.79 Å². The van der Waals surface area contributed by atoms with Crippen LogP contribution in [0.15, 0.2) is 74.4 Å². The summed E-state index contributed by atoms with van der Waals surface area (Å²) in [6.07, 6.45) is 7.38. The molecule has 2 aliphatic rings. The molecule has 3 heterocycles. The number of amidine groups is 2. The highest BCUT2D eigenvalue weighted by Crippen LogP contribution is 2.27. The minimum absolute atomic E-state index is 0.357. The summed E-state index contributed by atoms with van der Waals surface area (Å²) >= 11 is 0. The van der Waals surface area contributed by atoms with Gasteiger partial charge in [0.15, 0.2) is 12.0 Å². The number of fused-ring (bicyclic) bond motifs is 1. The Kier molecular flexibility index (Phi) is 3.68. The molecule has 0 bridgehead atoms. The van der Waals surface area contributed by atoms with E-state index in [4.69, 9.17) is 15.4 Å². The van der Waals surface area contributed by atoms with Crippen LogP contribution in [0.3, 0.4) is 0 Å². The van der Waals surface area contributed by atoms with Gasteiger partial charge in [-0.05, 0) is 39.6 Å². The Hall–Kier alpha value is -3.62. The van der Waals surface area contributed by atoms with Crippen molar-refractivity contribution >= 4 is 35.6 Å². The Bertz CT molecular complexity index is 1030. The normalized spacial score (nSPS) is 21.3. The molecule has 8 nitrogen and oxygen atoms in total. The van der Waals surface area contributed by atoms with Crippen LogP contribution in [-0.4, -0.2) is 33.7 Å². The first kappa shape index (κ1) is 15.9. The van der Waals surface area contributed by atoms with Gasteiger partial charge in [-0.2, -0.15) is 4.99 Å². The molecule has 1 aromatic carbocycles. The number of aliphatic imine (C=N–C) groups is 2. The average molecular weight is 348 g/mol. The van der Waals surface area contributed by atoms with E-state index in [0.29, 0.717) is 23.1 Å². The summed E-state index contributed by atoms with van der Waals surface area (Å²) in [5, 5.41) is 13.2. The second-order valence-electron chi connectivity index (χ2n) is 5.68. The Balaban J connectivity index is 1.68. The van der Waals surface area contributed by atoms with Crippen LogP contribution in [0.4, 0.5) is 0 Å². The molecular weight excluding hydrogens is 334 g/mol. The van der Waals surface area contributed by atoms with E-state index in [9.17, 15) is 4.79 Å². The van der Waals surface area contributed by atoms with Gasteiger partial charge in [0.05, 0.1) is 6.26 Å². The van der Waals surface area contributed by atoms with Gasteiger partial charge in [0.25, 0.3) is 11.7 Å². The fourth-order valence-corrected chi connectivity index (χ4v) is 2.61. The SMILES string of the molecule is N[N+]12C=C(c3cccc(C=CC(=O)O)c3)N=CC1=NC(c1ccco1)=N2. The lowest BCUT2D eigenvalue weighted by molar-refractivity contribution is -0.802. The number of aliphatic carboxylic acids is 1. The summed E-state index contributed by atoms with van der Waals surface area (Å²) < 4.78 is 4.96. The maximum atomic E-state index is 10.7. The summed E-state index contributed by atoms with van der Waals surface area (Å²) in [6, 6.07) is 10.8. The fraction of sp³-hybridized carbons (Fsp3) is 0. The highest BCUT2D eigenvalue weighted by Gasteiger charge is 2.40. The number of hydrogen-bond acceptors (Lipinski definition) is 6. The van der Waals surface area contributed by atoms with E-state index >= 15 is 0 Å². The average Bonchev–Trinajstić information content (AvgIpc) is 3.26. The van der Waals surface area contributed by atoms with E-state index in [1.165, 1.54) is 6.08 Å². The largest absolute Gasteiger partial charge is 0.478 e. The molecule has 2 aliphatic heterocycles. The van der Waals surface area contributed by atoms with Gasteiger partial charge in [-0.1, -0.05) is 18.2 Å². The minimum atomic E-state index is -1.01. The topological polar surface area (TPSA) is 114 Å². The molecule has 0 spiro atoms. The van der Waals surface area contributed by atoms with Crippen molar-refractivity contribution in [3.63, 3.8) is 0 Å². The third kappa shape index (κ3) is 2.90. The van der Waals surface area contributed by atoms with Crippen LogP contribution in [0, 0.1) is 0 Å². The summed E-state index contributed by atoms with van der Waals surface area (Å²) in [5.41, 5.74) is 2.14. The van der Waals surface area contributed by atoms with E-state index in [1.807, 2.05) is 18.2 Å². The third-order valence-corrected chi connectivity index (χ3v) is 3.83. The molecule has 3 N–H and O–H groups in total. The molecule has 26 heavy (non-hydrogen) atoms. The van der Waals surface area contributed by atoms with E-state index in [1.54, 1.807) is 36.9 Å². The number of carboxylic acid groups (broad SMARTS) is 1. The molecule has 0 amide bonds. The van der Waals surface area contributed by atoms with Crippen LogP contribution < -0.4 is 5.84 Å². The third-order valence-electron chi connectivity index (χ3n) is 3.83. The zero-order chi connectivity index (χ0) is 18.1. The lowest BCUT2D eigenvalue weighted by Gasteiger charge is -2.19. The van der Waals surface area contributed by atoms with Gasteiger partial charge in [0.1, 0.15) is 11.9 Å². The van der Waals surface area contributed by atoms with Crippen molar-refractivity contribution < 1.29 is 19.0 Å². The molecule has 0 saturated carbocycles. The van der Waals surface area contributed by atoms with Crippen LogP contribution in [0.25, 0.3) is 11.8 Å². The van der Waals surface area contributed by atoms with Crippen molar-refractivity contribution in [2.45, 2.75) is 0 Å². The number of nitrogens with two attached hydrogens (primary N) is 1. The zero-order valence-corrected chi connectivity index (χ0v) is 13.5. The van der Waals surface area contributed by atoms with Crippen LogP contribution in [-0.2, 0) is 4.79 Å².